The lowest BCUT2D eigenvalue weighted by atomic mass is 9.99. The van der Waals surface area contributed by atoms with Crippen molar-refractivity contribution in [3.8, 4) is 5.95 Å². The molecule has 0 saturated carbocycles. The molecule has 1 saturated heterocycles. The highest BCUT2D eigenvalue weighted by Crippen LogP contribution is 2.30. The van der Waals surface area contributed by atoms with Gasteiger partial charge in [-0.15, -0.1) is 0 Å². The summed E-state index contributed by atoms with van der Waals surface area (Å²) in [6, 6.07) is 9.96. The Bertz CT molecular complexity index is 1380. The molecule has 5 rings (SSSR count). The number of likely N-dealkylation sites (tertiary alicyclic amines) is 1. The lowest BCUT2D eigenvalue weighted by molar-refractivity contribution is 0.0174. The number of pyridine rings is 1. The molecule has 0 radical (unpaired) electrons. The zero-order chi connectivity index (χ0) is 26.0. The molecule has 1 fully saturated rings. The van der Waals surface area contributed by atoms with Crippen LogP contribution in [0.5, 0.6) is 0 Å². The average Bonchev–Trinajstić information content (AvgIpc) is 3.31. The predicted octanol–water partition coefficient (Wildman–Crippen LogP) is 5.19. The third-order valence-corrected chi connectivity index (χ3v) is 7.00. The van der Waals surface area contributed by atoms with E-state index in [2.05, 4.69) is 25.2 Å². The van der Waals surface area contributed by atoms with Crippen LogP contribution in [0.25, 0.3) is 17.0 Å². The van der Waals surface area contributed by atoms with Gasteiger partial charge in [0, 0.05) is 49.2 Å². The quantitative estimate of drug-likeness (QED) is 0.375. The molecule has 4 heterocycles. The van der Waals surface area contributed by atoms with Gasteiger partial charge in [0.05, 0.1) is 11.6 Å². The topological polar surface area (TPSA) is 75.9 Å². The Morgan fingerprint density at radius 3 is 2.41 bits per heavy atom. The van der Waals surface area contributed by atoms with E-state index in [9.17, 15) is 13.6 Å². The fraction of sp³-hybridized carbons (Fsp3) is 0.357. The van der Waals surface area contributed by atoms with Gasteiger partial charge in [0.2, 0.25) is 5.95 Å². The van der Waals surface area contributed by atoms with Crippen molar-refractivity contribution in [2.24, 2.45) is 0 Å². The van der Waals surface area contributed by atoms with Crippen molar-refractivity contribution in [2.45, 2.75) is 45.1 Å². The van der Waals surface area contributed by atoms with Crippen LogP contribution in [0.1, 0.15) is 59.3 Å². The Hall–Kier alpha value is -3.72. The summed E-state index contributed by atoms with van der Waals surface area (Å²) >= 11 is 0. The maximum Gasteiger partial charge on any atom is 0.270 e. The molecule has 1 amide bonds. The molecule has 1 aliphatic heterocycles. The third kappa shape index (κ3) is 5.22. The number of piperidine rings is 1. The van der Waals surface area contributed by atoms with Crippen LogP contribution in [-0.2, 0) is 5.92 Å². The van der Waals surface area contributed by atoms with Gasteiger partial charge in [-0.25, -0.2) is 23.7 Å². The number of nitrogens with zero attached hydrogens (tertiary/aromatic N) is 5. The SMILES string of the molecule is Cc1ccnc2c1c(C(=O)NCC(c1ccc(C(C)(F)F)cc1)N1CCCCC1)cn2-c1ncccn1. The van der Waals surface area contributed by atoms with Gasteiger partial charge < -0.3 is 5.32 Å². The van der Waals surface area contributed by atoms with Crippen molar-refractivity contribution in [3.63, 3.8) is 0 Å². The second-order valence-electron chi connectivity index (χ2n) is 9.62. The monoisotopic (exact) mass is 504 g/mol. The van der Waals surface area contributed by atoms with Crippen molar-refractivity contribution in [2.75, 3.05) is 19.6 Å². The number of amides is 1. The van der Waals surface area contributed by atoms with Gasteiger partial charge in [0.25, 0.3) is 11.8 Å². The van der Waals surface area contributed by atoms with Gasteiger partial charge in [-0.05, 0) is 56.1 Å². The number of alkyl halides is 2. The van der Waals surface area contributed by atoms with E-state index in [4.69, 9.17) is 0 Å². The minimum atomic E-state index is -2.89. The maximum atomic E-state index is 13.8. The second-order valence-corrected chi connectivity index (χ2v) is 9.62. The van der Waals surface area contributed by atoms with Crippen LogP contribution in [0.2, 0.25) is 0 Å². The maximum absolute atomic E-state index is 13.8. The Morgan fingerprint density at radius 2 is 1.73 bits per heavy atom. The van der Waals surface area contributed by atoms with E-state index in [0.717, 1.165) is 49.4 Å². The molecule has 9 heteroatoms. The van der Waals surface area contributed by atoms with E-state index in [0.29, 0.717) is 23.7 Å². The van der Waals surface area contributed by atoms with Gasteiger partial charge >= 0.3 is 0 Å². The molecule has 0 aliphatic carbocycles. The van der Waals surface area contributed by atoms with E-state index in [1.54, 1.807) is 47.6 Å². The van der Waals surface area contributed by atoms with Crippen LogP contribution >= 0.6 is 0 Å². The molecule has 1 aromatic carbocycles. The molecule has 0 spiro atoms. The summed E-state index contributed by atoms with van der Waals surface area (Å²) in [5, 5.41) is 3.86. The summed E-state index contributed by atoms with van der Waals surface area (Å²) in [6.07, 6.45) is 10.0. The molecule has 3 aromatic heterocycles. The number of hydrogen-bond donors (Lipinski definition) is 1. The highest BCUT2D eigenvalue weighted by Gasteiger charge is 2.27. The highest BCUT2D eigenvalue weighted by molar-refractivity contribution is 6.07. The highest BCUT2D eigenvalue weighted by atomic mass is 19.3. The van der Waals surface area contributed by atoms with E-state index in [-0.39, 0.29) is 17.5 Å². The molecule has 37 heavy (non-hydrogen) atoms. The largest absolute Gasteiger partial charge is 0.350 e. The average molecular weight is 505 g/mol. The van der Waals surface area contributed by atoms with E-state index in [1.165, 1.54) is 18.6 Å². The van der Waals surface area contributed by atoms with Gasteiger partial charge in [0.1, 0.15) is 5.65 Å². The van der Waals surface area contributed by atoms with Crippen LogP contribution in [0.4, 0.5) is 8.78 Å². The van der Waals surface area contributed by atoms with Crippen LogP contribution in [0.15, 0.2) is 61.2 Å². The fourth-order valence-corrected chi connectivity index (χ4v) is 5.02. The first-order valence-corrected chi connectivity index (χ1v) is 12.6. The summed E-state index contributed by atoms with van der Waals surface area (Å²) in [6.45, 7) is 5.01. The van der Waals surface area contributed by atoms with E-state index < -0.39 is 5.92 Å². The number of fused-ring (bicyclic) bond motifs is 1. The normalized spacial score (nSPS) is 15.6. The van der Waals surface area contributed by atoms with Gasteiger partial charge in [0.15, 0.2) is 0 Å². The van der Waals surface area contributed by atoms with Crippen molar-refractivity contribution < 1.29 is 13.6 Å². The number of hydrogen-bond acceptors (Lipinski definition) is 5. The number of halogens is 2. The predicted molar refractivity (Wildman–Crippen MR) is 138 cm³/mol. The van der Waals surface area contributed by atoms with Crippen molar-refractivity contribution in [1.29, 1.82) is 0 Å². The van der Waals surface area contributed by atoms with Crippen molar-refractivity contribution in [3.05, 3.63) is 83.4 Å². The molecule has 0 bridgehead atoms. The molecule has 4 aromatic rings. The minimum absolute atomic E-state index is 0.0170. The Labute approximate surface area is 214 Å². The Morgan fingerprint density at radius 1 is 1.03 bits per heavy atom. The first-order chi connectivity index (χ1) is 17.8. The van der Waals surface area contributed by atoms with Crippen molar-refractivity contribution in [1.82, 2.24) is 29.7 Å². The van der Waals surface area contributed by atoms with Crippen LogP contribution in [0.3, 0.4) is 0 Å². The van der Waals surface area contributed by atoms with Gasteiger partial charge in [-0.2, -0.15) is 0 Å². The van der Waals surface area contributed by atoms with Crippen LogP contribution in [0, 0.1) is 6.92 Å². The number of rotatable bonds is 7. The Kier molecular flexibility index (Phi) is 6.97. The molecule has 7 nitrogen and oxygen atoms in total. The molecule has 1 unspecified atom stereocenters. The number of aryl methyl sites for hydroxylation is 1. The van der Waals surface area contributed by atoms with Gasteiger partial charge in [-0.1, -0.05) is 30.7 Å². The summed E-state index contributed by atoms with van der Waals surface area (Å²) in [5.74, 6) is -2.69. The van der Waals surface area contributed by atoms with E-state index >= 15 is 0 Å². The molecule has 1 aliphatic rings. The van der Waals surface area contributed by atoms with Gasteiger partial charge in [-0.3, -0.25) is 14.3 Å². The van der Waals surface area contributed by atoms with Crippen LogP contribution in [-0.4, -0.2) is 50.0 Å². The first kappa shape index (κ1) is 25.0. The lowest BCUT2D eigenvalue weighted by Gasteiger charge is -2.35. The fourth-order valence-electron chi connectivity index (χ4n) is 5.02. The number of carbonyl (C=O) groups is 1. The summed E-state index contributed by atoms with van der Waals surface area (Å²) in [7, 11) is 0. The molecule has 1 atom stereocenters. The zero-order valence-corrected chi connectivity index (χ0v) is 21.0. The molecule has 192 valence electrons. The summed E-state index contributed by atoms with van der Waals surface area (Å²) in [4.78, 5) is 29.0. The second kappa shape index (κ2) is 10.3. The lowest BCUT2D eigenvalue weighted by Crippen LogP contribution is -2.40. The van der Waals surface area contributed by atoms with Crippen LogP contribution < -0.4 is 5.32 Å². The number of aromatic nitrogens is 4. The third-order valence-electron chi connectivity index (χ3n) is 7.00. The van der Waals surface area contributed by atoms with E-state index in [1.807, 2.05) is 13.0 Å². The number of benzene rings is 1. The smallest absolute Gasteiger partial charge is 0.270 e. The van der Waals surface area contributed by atoms with Crippen molar-refractivity contribution >= 4 is 16.9 Å². The zero-order valence-electron chi connectivity index (χ0n) is 21.0. The number of carbonyl (C=O) groups excluding carboxylic acids is 1. The number of nitrogens with one attached hydrogen (secondary N) is 1. The summed E-state index contributed by atoms with van der Waals surface area (Å²) < 4.78 is 29.3. The first-order valence-electron chi connectivity index (χ1n) is 12.6. The Balaban J connectivity index is 1.44. The molecule has 1 N–H and O–H groups in total. The minimum Gasteiger partial charge on any atom is -0.350 e. The summed E-state index contributed by atoms with van der Waals surface area (Å²) in [5.41, 5.74) is 2.92. The molecular weight excluding hydrogens is 474 g/mol. The standard InChI is InChI=1S/C28H30F2N6O/c1-19-11-14-31-25-24(19)22(18-36(25)27-32-12-6-13-33-27)26(37)34-17-23(35-15-4-3-5-16-35)20-7-9-21(10-8-20)28(2,29)30/h6-14,18,23H,3-5,15-17H2,1-2H3,(H,34,37). The molecular formula is C28H30F2N6O.